The van der Waals surface area contributed by atoms with Crippen LogP contribution in [0.5, 0.6) is 11.5 Å². The molecule has 1 rings (SSSR count). The standard InChI is InChI=1S/C11H11BrF2O3/c1-16-10-3-2-7(17-11(13)14)6-8(10)9(15)4-5-12/h2-3,6,11H,4-5H2,1H3. The molecule has 0 unspecified atom stereocenters. The van der Waals surface area contributed by atoms with Crippen molar-refractivity contribution < 1.29 is 23.0 Å². The molecule has 0 aliphatic heterocycles. The Morgan fingerprint density at radius 1 is 1.47 bits per heavy atom. The topological polar surface area (TPSA) is 35.5 Å². The van der Waals surface area contributed by atoms with Gasteiger partial charge in [-0.25, -0.2) is 0 Å². The average Bonchev–Trinajstić information content (AvgIpc) is 2.28. The molecule has 3 nitrogen and oxygen atoms in total. The summed E-state index contributed by atoms with van der Waals surface area (Å²) < 4.78 is 33.3. The zero-order valence-corrected chi connectivity index (χ0v) is 10.7. The van der Waals surface area contributed by atoms with Crippen LogP contribution in [-0.2, 0) is 0 Å². The van der Waals surface area contributed by atoms with E-state index >= 15 is 0 Å². The van der Waals surface area contributed by atoms with E-state index in [1.807, 2.05) is 0 Å². The van der Waals surface area contributed by atoms with Gasteiger partial charge in [0, 0.05) is 11.8 Å². The normalized spacial score (nSPS) is 10.4. The summed E-state index contributed by atoms with van der Waals surface area (Å²) >= 11 is 3.14. The highest BCUT2D eigenvalue weighted by Crippen LogP contribution is 2.26. The van der Waals surface area contributed by atoms with Gasteiger partial charge < -0.3 is 9.47 Å². The van der Waals surface area contributed by atoms with E-state index in [0.29, 0.717) is 11.1 Å². The van der Waals surface area contributed by atoms with Crippen molar-refractivity contribution in [1.29, 1.82) is 0 Å². The van der Waals surface area contributed by atoms with Crippen LogP contribution in [0.2, 0.25) is 0 Å². The zero-order chi connectivity index (χ0) is 12.8. The van der Waals surface area contributed by atoms with E-state index < -0.39 is 6.61 Å². The van der Waals surface area contributed by atoms with Gasteiger partial charge in [-0.15, -0.1) is 0 Å². The minimum atomic E-state index is -2.91. The molecular weight excluding hydrogens is 298 g/mol. The average molecular weight is 309 g/mol. The summed E-state index contributed by atoms with van der Waals surface area (Å²) in [5, 5.41) is 0.495. The number of carbonyl (C=O) groups excluding carboxylic acids is 1. The van der Waals surface area contributed by atoms with Gasteiger partial charge in [0.25, 0.3) is 0 Å². The smallest absolute Gasteiger partial charge is 0.387 e. The number of Topliss-reactive ketones (excluding diaryl/α,β-unsaturated/α-hetero) is 1. The van der Waals surface area contributed by atoms with Crippen molar-refractivity contribution in [3.8, 4) is 11.5 Å². The van der Waals surface area contributed by atoms with Crippen molar-refractivity contribution in [2.45, 2.75) is 13.0 Å². The first-order chi connectivity index (χ1) is 8.08. The second kappa shape index (κ2) is 6.54. The highest BCUT2D eigenvalue weighted by atomic mass is 79.9. The molecule has 17 heavy (non-hydrogen) atoms. The Morgan fingerprint density at radius 3 is 2.71 bits per heavy atom. The third-order valence-corrected chi connectivity index (χ3v) is 2.41. The number of hydrogen-bond acceptors (Lipinski definition) is 3. The molecule has 0 heterocycles. The van der Waals surface area contributed by atoms with E-state index in [-0.39, 0.29) is 23.5 Å². The number of benzene rings is 1. The SMILES string of the molecule is COc1ccc(OC(F)F)cc1C(=O)CCBr. The highest BCUT2D eigenvalue weighted by molar-refractivity contribution is 9.09. The Labute approximate surface area is 106 Å². The molecule has 0 bridgehead atoms. The predicted molar refractivity (Wildman–Crippen MR) is 62.4 cm³/mol. The second-order valence-electron chi connectivity index (χ2n) is 3.10. The van der Waals surface area contributed by atoms with E-state index in [1.54, 1.807) is 0 Å². The molecule has 0 atom stereocenters. The van der Waals surface area contributed by atoms with Crippen LogP contribution in [0.15, 0.2) is 18.2 Å². The lowest BCUT2D eigenvalue weighted by Gasteiger charge is -2.10. The van der Waals surface area contributed by atoms with Crippen molar-refractivity contribution in [1.82, 2.24) is 0 Å². The molecule has 0 N–H and O–H groups in total. The van der Waals surface area contributed by atoms with Crippen molar-refractivity contribution in [2.75, 3.05) is 12.4 Å². The van der Waals surface area contributed by atoms with E-state index in [4.69, 9.17) is 4.74 Å². The number of carbonyl (C=O) groups is 1. The Hall–Kier alpha value is -1.17. The fraction of sp³-hybridized carbons (Fsp3) is 0.364. The van der Waals surface area contributed by atoms with Crippen molar-refractivity contribution in [2.24, 2.45) is 0 Å². The van der Waals surface area contributed by atoms with Crippen LogP contribution in [0.3, 0.4) is 0 Å². The van der Waals surface area contributed by atoms with Crippen LogP contribution in [0.1, 0.15) is 16.8 Å². The molecule has 0 aromatic heterocycles. The summed E-state index contributed by atoms with van der Waals surface area (Å²) in [4.78, 5) is 11.7. The van der Waals surface area contributed by atoms with E-state index in [2.05, 4.69) is 20.7 Å². The van der Waals surface area contributed by atoms with Crippen molar-refractivity contribution >= 4 is 21.7 Å². The molecule has 1 aromatic carbocycles. The summed E-state index contributed by atoms with van der Waals surface area (Å²) in [5.74, 6) is 0.0923. The number of alkyl halides is 3. The van der Waals surface area contributed by atoms with Gasteiger partial charge in [-0.1, -0.05) is 15.9 Å². The first-order valence-electron chi connectivity index (χ1n) is 4.80. The first-order valence-corrected chi connectivity index (χ1v) is 5.92. The van der Waals surface area contributed by atoms with Gasteiger partial charge in [-0.3, -0.25) is 4.79 Å². The molecule has 0 fully saturated rings. The fourth-order valence-electron chi connectivity index (χ4n) is 1.30. The van der Waals surface area contributed by atoms with Crippen LogP contribution < -0.4 is 9.47 Å². The second-order valence-corrected chi connectivity index (χ2v) is 3.90. The number of ketones is 1. The summed E-state index contributed by atoms with van der Waals surface area (Å²) in [7, 11) is 1.41. The van der Waals surface area contributed by atoms with Crippen LogP contribution in [0, 0.1) is 0 Å². The number of ether oxygens (including phenoxy) is 2. The number of rotatable bonds is 6. The van der Waals surface area contributed by atoms with Crippen LogP contribution >= 0.6 is 15.9 Å². The maximum atomic E-state index is 12.0. The van der Waals surface area contributed by atoms with E-state index in [1.165, 1.54) is 25.3 Å². The zero-order valence-electron chi connectivity index (χ0n) is 9.08. The Kier molecular flexibility index (Phi) is 5.34. The molecule has 0 saturated carbocycles. The quantitative estimate of drug-likeness (QED) is 0.598. The Morgan fingerprint density at radius 2 is 2.18 bits per heavy atom. The highest BCUT2D eigenvalue weighted by Gasteiger charge is 2.14. The monoisotopic (exact) mass is 308 g/mol. The minimum Gasteiger partial charge on any atom is -0.496 e. The van der Waals surface area contributed by atoms with Gasteiger partial charge in [0.05, 0.1) is 12.7 Å². The van der Waals surface area contributed by atoms with Gasteiger partial charge in [0.2, 0.25) is 0 Å². The lowest BCUT2D eigenvalue weighted by molar-refractivity contribution is -0.0499. The molecule has 0 aliphatic carbocycles. The molecule has 0 spiro atoms. The molecule has 1 aromatic rings. The molecule has 94 valence electrons. The maximum absolute atomic E-state index is 12.0. The molecule has 6 heteroatoms. The Bertz CT molecular complexity index is 396. The third-order valence-electron chi connectivity index (χ3n) is 2.02. The largest absolute Gasteiger partial charge is 0.496 e. The third kappa shape index (κ3) is 3.96. The van der Waals surface area contributed by atoms with E-state index in [9.17, 15) is 13.6 Å². The molecular formula is C11H11BrF2O3. The van der Waals surface area contributed by atoms with Gasteiger partial charge in [0.1, 0.15) is 11.5 Å². The van der Waals surface area contributed by atoms with Crippen LogP contribution in [0.4, 0.5) is 8.78 Å². The minimum absolute atomic E-state index is 0.0567. The lowest BCUT2D eigenvalue weighted by Crippen LogP contribution is -2.06. The summed E-state index contributed by atoms with van der Waals surface area (Å²) in [6, 6.07) is 4.02. The number of methoxy groups -OCH3 is 1. The summed E-state index contributed by atoms with van der Waals surface area (Å²) in [6.07, 6.45) is 0.258. The molecule has 0 radical (unpaired) electrons. The van der Waals surface area contributed by atoms with Gasteiger partial charge in [-0.2, -0.15) is 8.78 Å². The molecule has 0 amide bonds. The van der Waals surface area contributed by atoms with Gasteiger partial charge in [-0.05, 0) is 18.2 Å². The number of halogens is 3. The van der Waals surface area contributed by atoms with Crippen molar-refractivity contribution in [3.05, 3.63) is 23.8 Å². The Balaban J connectivity index is 3.01. The fourth-order valence-corrected chi connectivity index (χ4v) is 1.66. The van der Waals surface area contributed by atoms with Crippen LogP contribution in [0.25, 0.3) is 0 Å². The first kappa shape index (κ1) is 13.9. The maximum Gasteiger partial charge on any atom is 0.387 e. The van der Waals surface area contributed by atoms with Crippen LogP contribution in [-0.4, -0.2) is 24.8 Å². The van der Waals surface area contributed by atoms with Gasteiger partial charge in [0.15, 0.2) is 5.78 Å². The molecule has 0 aliphatic rings. The lowest BCUT2D eigenvalue weighted by atomic mass is 10.1. The van der Waals surface area contributed by atoms with E-state index in [0.717, 1.165) is 0 Å². The summed E-state index contributed by atoms with van der Waals surface area (Å²) in [6.45, 7) is -2.91. The van der Waals surface area contributed by atoms with Gasteiger partial charge >= 0.3 is 6.61 Å². The predicted octanol–water partition coefficient (Wildman–Crippen LogP) is 3.26. The van der Waals surface area contributed by atoms with Crippen molar-refractivity contribution in [3.63, 3.8) is 0 Å². The molecule has 0 saturated heterocycles. The summed E-state index contributed by atoms with van der Waals surface area (Å²) in [5.41, 5.74) is 0.241. The number of hydrogen-bond donors (Lipinski definition) is 0.